The van der Waals surface area contributed by atoms with Crippen LogP contribution in [0, 0.1) is 0 Å². The SMILES string of the molecule is c1ccc2c(c1)oc1c3cccc4ccc5ccc(c21)n5c43. The number of hydrogen-bond donors (Lipinski definition) is 0. The molecule has 0 bridgehead atoms. The van der Waals surface area contributed by atoms with E-state index in [1.54, 1.807) is 0 Å². The highest BCUT2D eigenvalue weighted by molar-refractivity contribution is 6.23. The Balaban J connectivity index is 2.13. The third-order valence-electron chi connectivity index (χ3n) is 4.73. The summed E-state index contributed by atoms with van der Waals surface area (Å²) in [6, 6.07) is 23.5. The topological polar surface area (TPSA) is 17.6 Å². The van der Waals surface area contributed by atoms with Crippen LogP contribution >= 0.6 is 0 Å². The smallest absolute Gasteiger partial charge is 0.146 e. The first-order valence-electron chi connectivity index (χ1n) is 7.47. The van der Waals surface area contributed by atoms with Crippen molar-refractivity contribution in [2.75, 3.05) is 0 Å². The van der Waals surface area contributed by atoms with E-state index in [2.05, 4.69) is 59.0 Å². The van der Waals surface area contributed by atoms with Gasteiger partial charge >= 0.3 is 0 Å². The lowest BCUT2D eigenvalue weighted by molar-refractivity contribution is 0.672. The fourth-order valence-corrected chi connectivity index (χ4v) is 3.82. The van der Waals surface area contributed by atoms with Gasteiger partial charge in [0, 0.05) is 16.3 Å². The number of nitrogens with zero attached hydrogens (tertiary/aromatic N) is 1. The Hall–Kier alpha value is -3.00. The number of pyridine rings is 2. The van der Waals surface area contributed by atoms with Crippen molar-refractivity contribution in [3.63, 3.8) is 0 Å². The molecule has 0 saturated heterocycles. The van der Waals surface area contributed by atoms with Crippen LogP contribution in [-0.4, -0.2) is 4.40 Å². The van der Waals surface area contributed by atoms with Gasteiger partial charge in [0.25, 0.3) is 0 Å². The normalized spacial score (nSPS) is 12.5. The average molecular weight is 281 g/mol. The molecule has 22 heavy (non-hydrogen) atoms. The van der Waals surface area contributed by atoms with Gasteiger partial charge in [-0.25, -0.2) is 0 Å². The summed E-state index contributed by atoms with van der Waals surface area (Å²) in [4.78, 5) is 0. The van der Waals surface area contributed by atoms with Crippen LogP contribution in [0.15, 0.2) is 71.1 Å². The standard InChI is InChI=1S/C20H11NO/c1-2-7-17-14(5-1)18-16-11-10-13-9-8-12-4-3-6-15(20(18)22-17)19(12)21(13)16/h1-11H. The summed E-state index contributed by atoms with van der Waals surface area (Å²) in [7, 11) is 0. The zero-order chi connectivity index (χ0) is 14.3. The number of para-hydroxylation sites is 2. The highest BCUT2D eigenvalue weighted by Crippen LogP contribution is 2.39. The first-order valence-corrected chi connectivity index (χ1v) is 7.47. The molecule has 2 aromatic carbocycles. The van der Waals surface area contributed by atoms with E-state index >= 15 is 0 Å². The van der Waals surface area contributed by atoms with Gasteiger partial charge in [-0.15, -0.1) is 0 Å². The van der Waals surface area contributed by atoms with E-state index in [1.807, 2.05) is 12.1 Å². The second-order valence-electron chi connectivity index (χ2n) is 5.86. The minimum absolute atomic E-state index is 0.951. The molecule has 0 fully saturated rings. The summed E-state index contributed by atoms with van der Waals surface area (Å²) < 4.78 is 8.58. The van der Waals surface area contributed by atoms with Crippen molar-refractivity contribution in [2.24, 2.45) is 0 Å². The highest BCUT2D eigenvalue weighted by atomic mass is 16.3. The van der Waals surface area contributed by atoms with Gasteiger partial charge in [0.15, 0.2) is 0 Å². The Morgan fingerprint density at radius 3 is 2.59 bits per heavy atom. The molecule has 0 atom stereocenters. The second-order valence-corrected chi connectivity index (χ2v) is 5.86. The lowest BCUT2D eigenvalue weighted by Crippen LogP contribution is -1.91. The predicted molar refractivity (Wildman–Crippen MR) is 90.9 cm³/mol. The van der Waals surface area contributed by atoms with Crippen LogP contribution in [0.3, 0.4) is 0 Å². The van der Waals surface area contributed by atoms with Gasteiger partial charge < -0.3 is 8.82 Å². The molecule has 2 heteroatoms. The van der Waals surface area contributed by atoms with Crippen LogP contribution in [0.2, 0.25) is 0 Å². The maximum Gasteiger partial charge on any atom is 0.146 e. The van der Waals surface area contributed by atoms with Crippen LogP contribution in [0.5, 0.6) is 0 Å². The van der Waals surface area contributed by atoms with E-state index in [1.165, 1.54) is 38.1 Å². The maximum absolute atomic E-state index is 6.22. The number of furan rings is 1. The molecule has 0 amide bonds. The van der Waals surface area contributed by atoms with Crippen LogP contribution in [0.25, 0.3) is 49.3 Å². The van der Waals surface area contributed by atoms with Crippen molar-refractivity contribution >= 4 is 49.3 Å². The second kappa shape index (κ2) is 3.42. The third kappa shape index (κ3) is 1.06. The zero-order valence-corrected chi connectivity index (χ0v) is 11.7. The summed E-state index contributed by atoms with van der Waals surface area (Å²) >= 11 is 0. The van der Waals surface area contributed by atoms with E-state index in [0.29, 0.717) is 0 Å². The van der Waals surface area contributed by atoms with Gasteiger partial charge in [-0.2, -0.15) is 0 Å². The lowest BCUT2D eigenvalue weighted by atomic mass is 10.1. The van der Waals surface area contributed by atoms with E-state index < -0.39 is 0 Å². The van der Waals surface area contributed by atoms with Crippen molar-refractivity contribution in [1.82, 2.24) is 4.40 Å². The Bertz CT molecular complexity index is 1320. The summed E-state index contributed by atoms with van der Waals surface area (Å²) in [5.74, 6) is 0. The quantitative estimate of drug-likeness (QED) is 0.355. The fourth-order valence-electron chi connectivity index (χ4n) is 3.82. The molecule has 4 heterocycles. The fraction of sp³-hybridized carbons (Fsp3) is 0. The summed E-state index contributed by atoms with van der Waals surface area (Å²) in [6.07, 6.45) is 0. The predicted octanol–water partition coefficient (Wildman–Crippen LogP) is 5.58. The minimum atomic E-state index is 0.951. The van der Waals surface area contributed by atoms with Crippen molar-refractivity contribution in [1.29, 1.82) is 0 Å². The van der Waals surface area contributed by atoms with Gasteiger partial charge in [0.1, 0.15) is 11.2 Å². The molecule has 2 nitrogen and oxygen atoms in total. The first kappa shape index (κ1) is 10.7. The molecule has 0 aliphatic carbocycles. The largest absolute Gasteiger partial charge is 0.455 e. The van der Waals surface area contributed by atoms with Gasteiger partial charge in [-0.3, -0.25) is 0 Å². The van der Waals surface area contributed by atoms with E-state index in [0.717, 1.165) is 11.2 Å². The monoisotopic (exact) mass is 281 g/mol. The average Bonchev–Trinajstić information content (AvgIpc) is 3.15. The Morgan fingerprint density at radius 1 is 0.727 bits per heavy atom. The van der Waals surface area contributed by atoms with E-state index in [4.69, 9.17) is 4.42 Å². The molecule has 0 radical (unpaired) electrons. The van der Waals surface area contributed by atoms with Gasteiger partial charge in [-0.1, -0.05) is 36.4 Å². The van der Waals surface area contributed by atoms with E-state index in [9.17, 15) is 0 Å². The first-order chi connectivity index (χ1) is 10.9. The Morgan fingerprint density at radius 2 is 1.59 bits per heavy atom. The number of hydrogen-bond acceptors (Lipinski definition) is 1. The number of aromatic nitrogens is 1. The molecule has 6 rings (SSSR count). The molecule has 0 N–H and O–H groups in total. The van der Waals surface area contributed by atoms with Crippen molar-refractivity contribution in [3.8, 4) is 0 Å². The van der Waals surface area contributed by atoms with Gasteiger partial charge in [0.05, 0.1) is 16.4 Å². The lowest BCUT2D eigenvalue weighted by Gasteiger charge is -2.10. The summed E-state index contributed by atoms with van der Waals surface area (Å²) in [6.45, 7) is 0. The highest BCUT2D eigenvalue weighted by Gasteiger charge is 2.17. The molecule has 0 aliphatic rings. The van der Waals surface area contributed by atoms with Crippen LogP contribution in [0.4, 0.5) is 0 Å². The molecule has 6 aromatic rings. The number of benzene rings is 2. The molecule has 0 spiro atoms. The molecule has 0 unspecified atom stereocenters. The summed E-state index contributed by atoms with van der Waals surface area (Å²) in [5, 5.41) is 4.82. The number of fused-ring (bicyclic) bond motifs is 5. The molecule has 4 aromatic heterocycles. The van der Waals surface area contributed by atoms with Gasteiger partial charge in [-0.05, 0) is 35.7 Å². The van der Waals surface area contributed by atoms with Crippen molar-refractivity contribution in [2.45, 2.75) is 0 Å². The third-order valence-corrected chi connectivity index (χ3v) is 4.73. The number of rotatable bonds is 0. The Kier molecular flexibility index (Phi) is 1.66. The van der Waals surface area contributed by atoms with Gasteiger partial charge in [0.2, 0.25) is 0 Å². The molecule has 0 saturated carbocycles. The molecular formula is C20H11NO. The Labute approximate surface area is 125 Å². The van der Waals surface area contributed by atoms with Crippen molar-refractivity contribution < 1.29 is 4.42 Å². The zero-order valence-electron chi connectivity index (χ0n) is 11.7. The molecule has 0 aliphatic heterocycles. The minimum Gasteiger partial charge on any atom is -0.455 e. The van der Waals surface area contributed by atoms with Crippen LogP contribution in [0.1, 0.15) is 0 Å². The van der Waals surface area contributed by atoms with Crippen LogP contribution < -0.4 is 0 Å². The van der Waals surface area contributed by atoms with E-state index in [-0.39, 0.29) is 0 Å². The summed E-state index contributed by atoms with van der Waals surface area (Å²) in [5.41, 5.74) is 5.63. The van der Waals surface area contributed by atoms with Crippen molar-refractivity contribution in [3.05, 3.63) is 66.7 Å². The molecule has 102 valence electrons. The molecular weight excluding hydrogens is 270 g/mol. The van der Waals surface area contributed by atoms with Crippen LogP contribution in [-0.2, 0) is 0 Å². The maximum atomic E-state index is 6.22.